The minimum absolute atomic E-state index is 0.121. The molecule has 4 unspecified atom stereocenters. The molecule has 0 aliphatic heterocycles. The zero-order valence-corrected chi connectivity index (χ0v) is 11.9. The van der Waals surface area contributed by atoms with E-state index in [2.05, 4.69) is 32.0 Å². The summed E-state index contributed by atoms with van der Waals surface area (Å²) >= 11 is 0. The van der Waals surface area contributed by atoms with Gasteiger partial charge in [-0.2, -0.15) is 0 Å². The first kappa shape index (κ1) is 12.9. The summed E-state index contributed by atoms with van der Waals surface area (Å²) in [4.78, 5) is 12.6. The van der Waals surface area contributed by atoms with Crippen LogP contribution < -0.4 is 5.73 Å². The van der Waals surface area contributed by atoms with Crippen molar-refractivity contribution in [1.82, 2.24) is 0 Å². The molecule has 102 valence electrons. The van der Waals surface area contributed by atoms with E-state index in [1.54, 1.807) is 0 Å². The van der Waals surface area contributed by atoms with Crippen LogP contribution in [0.1, 0.15) is 36.0 Å². The molecule has 0 spiro atoms. The topological polar surface area (TPSA) is 43.1 Å². The SMILES string of the molecule is Cc1cccc(C)c1CC(=O)C1C2CCC(C2)C1N. The predicted octanol–water partition coefficient (Wildman–Crippen LogP) is 2.79. The Kier molecular flexibility index (Phi) is 3.22. The van der Waals surface area contributed by atoms with Crippen LogP contribution in [0, 0.1) is 31.6 Å². The van der Waals surface area contributed by atoms with Crippen LogP contribution in [0.25, 0.3) is 0 Å². The third-order valence-electron chi connectivity index (χ3n) is 5.35. The molecule has 0 aromatic heterocycles. The summed E-state index contributed by atoms with van der Waals surface area (Å²) in [6.07, 6.45) is 4.20. The van der Waals surface area contributed by atoms with Crippen LogP contribution in [-0.4, -0.2) is 11.8 Å². The van der Waals surface area contributed by atoms with E-state index in [0.717, 1.165) is 0 Å². The molecule has 2 heteroatoms. The van der Waals surface area contributed by atoms with Gasteiger partial charge in [0.1, 0.15) is 5.78 Å². The second-order valence-electron chi connectivity index (χ2n) is 6.45. The maximum absolute atomic E-state index is 12.6. The molecule has 0 amide bonds. The Hall–Kier alpha value is -1.15. The monoisotopic (exact) mass is 257 g/mol. The molecule has 2 saturated carbocycles. The van der Waals surface area contributed by atoms with Crippen molar-refractivity contribution in [2.45, 2.75) is 45.6 Å². The molecule has 2 bridgehead atoms. The van der Waals surface area contributed by atoms with Crippen molar-refractivity contribution in [3.63, 3.8) is 0 Å². The molecule has 1 aromatic rings. The highest BCUT2D eigenvalue weighted by Gasteiger charge is 2.48. The molecule has 0 saturated heterocycles. The van der Waals surface area contributed by atoms with E-state index in [-0.39, 0.29) is 12.0 Å². The Morgan fingerprint density at radius 3 is 2.42 bits per heavy atom. The fourth-order valence-electron chi connectivity index (χ4n) is 4.23. The number of carbonyl (C=O) groups is 1. The first-order chi connectivity index (χ1) is 9.08. The van der Waals surface area contributed by atoms with Crippen molar-refractivity contribution in [3.8, 4) is 0 Å². The number of Topliss-reactive ketones (excluding diaryl/α,β-unsaturated/α-hetero) is 1. The molecule has 2 aliphatic rings. The third kappa shape index (κ3) is 2.12. The number of aryl methyl sites for hydroxylation is 2. The van der Waals surface area contributed by atoms with Gasteiger partial charge in [-0.3, -0.25) is 4.79 Å². The van der Waals surface area contributed by atoms with E-state index in [1.165, 1.54) is 36.0 Å². The lowest BCUT2D eigenvalue weighted by Crippen LogP contribution is -2.40. The highest BCUT2D eigenvalue weighted by atomic mass is 16.1. The van der Waals surface area contributed by atoms with Gasteiger partial charge in [-0.05, 0) is 61.6 Å². The lowest BCUT2D eigenvalue weighted by atomic mass is 9.80. The van der Waals surface area contributed by atoms with E-state index in [1.807, 2.05) is 0 Å². The van der Waals surface area contributed by atoms with Crippen LogP contribution in [0.2, 0.25) is 0 Å². The Morgan fingerprint density at radius 2 is 1.84 bits per heavy atom. The number of carbonyl (C=O) groups excluding carboxylic acids is 1. The highest BCUT2D eigenvalue weighted by molar-refractivity contribution is 5.85. The van der Waals surface area contributed by atoms with Crippen molar-refractivity contribution >= 4 is 5.78 Å². The average Bonchev–Trinajstić information content (AvgIpc) is 2.94. The van der Waals surface area contributed by atoms with Gasteiger partial charge in [0.2, 0.25) is 0 Å². The second kappa shape index (κ2) is 4.75. The second-order valence-corrected chi connectivity index (χ2v) is 6.45. The zero-order chi connectivity index (χ0) is 13.6. The van der Waals surface area contributed by atoms with Crippen molar-refractivity contribution < 1.29 is 4.79 Å². The number of benzene rings is 1. The van der Waals surface area contributed by atoms with Gasteiger partial charge in [0.15, 0.2) is 0 Å². The van der Waals surface area contributed by atoms with E-state index in [4.69, 9.17) is 5.73 Å². The standard InChI is InChI=1S/C17H23NO/c1-10-4-3-5-11(2)14(10)9-15(19)16-12-6-7-13(8-12)17(16)18/h3-5,12-13,16-17H,6-9,18H2,1-2H3. The number of ketones is 1. The Bertz CT molecular complexity index is 486. The fraction of sp³-hybridized carbons (Fsp3) is 0.588. The lowest BCUT2D eigenvalue weighted by molar-refractivity contribution is -0.124. The summed E-state index contributed by atoms with van der Waals surface area (Å²) in [5, 5.41) is 0. The molecular formula is C17H23NO. The molecule has 0 heterocycles. The summed E-state index contributed by atoms with van der Waals surface area (Å²) in [7, 11) is 0. The van der Waals surface area contributed by atoms with Gasteiger partial charge in [0.05, 0.1) is 0 Å². The lowest BCUT2D eigenvalue weighted by Gasteiger charge is -2.27. The van der Waals surface area contributed by atoms with Crippen LogP contribution >= 0.6 is 0 Å². The van der Waals surface area contributed by atoms with Crippen LogP contribution in [0.4, 0.5) is 0 Å². The van der Waals surface area contributed by atoms with Gasteiger partial charge in [-0.15, -0.1) is 0 Å². The minimum Gasteiger partial charge on any atom is -0.327 e. The zero-order valence-electron chi connectivity index (χ0n) is 11.9. The first-order valence-electron chi connectivity index (χ1n) is 7.41. The number of hydrogen-bond acceptors (Lipinski definition) is 2. The molecular weight excluding hydrogens is 234 g/mol. The number of rotatable bonds is 3. The quantitative estimate of drug-likeness (QED) is 0.904. The van der Waals surface area contributed by atoms with E-state index in [0.29, 0.717) is 24.0 Å². The van der Waals surface area contributed by atoms with Crippen molar-refractivity contribution in [2.24, 2.45) is 23.5 Å². The summed E-state index contributed by atoms with van der Waals surface area (Å²) in [6, 6.07) is 6.37. The van der Waals surface area contributed by atoms with Gasteiger partial charge >= 0.3 is 0 Å². The molecule has 0 radical (unpaired) electrons. The molecule has 1 aromatic carbocycles. The average molecular weight is 257 g/mol. The van der Waals surface area contributed by atoms with Crippen molar-refractivity contribution in [2.75, 3.05) is 0 Å². The normalized spacial score (nSPS) is 32.8. The molecule has 19 heavy (non-hydrogen) atoms. The molecule has 4 atom stereocenters. The van der Waals surface area contributed by atoms with E-state index >= 15 is 0 Å². The number of fused-ring (bicyclic) bond motifs is 2. The smallest absolute Gasteiger partial charge is 0.142 e. The van der Waals surface area contributed by atoms with E-state index < -0.39 is 0 Å². The van der Waals surface area contributed by atoms with Crippen molar-refractivity contribution in [1.29, 1.82) is 0 Å². The van der Waals surface area contributed by atoms with Crippen molar-refractivity contribution in [3.05, 3.63) is 34.9 Å². The molecule has 2 aliphatic carbocycles. The maximum Gasteiger partial charge on any atom is 0.142 e. The summed E-state index contributed by atoms with van der Waals surface area (Å²) < 4.78 is 0. The Balaban J connectivity index is 1.79. The molecule has 2 N–H and O–H groups in total. The summed E-state index contributed by atoms with van der Waals surface area (Å²) in [5.41, 5.74) is 9.94. The third-order valence-corrected chi connectivity index (χ3v) is 5.35. The van der Waals surface area contributed by atoms with Gasteiger partial charge in [0.25, 0.3) is 0 Å². The predicted molar refractivity (Wildman–Crippen MR) is 76.9 cm³/mol. The van der Waals surface area contributed by atoms with Gasteiger partial charge < -0.3 is 5.73 Å². The number of nitrogens with two attached hydrogens (primary N) is 1. The first-order valence-corrected chi connectivity index (χ1v) is 7.41. The number of hydrogen-bond donors (Lipinski definition) is 1. The van der Waals surface area contributed by atoms with Crippen LogP contribution in [0.5, 0.6) is 0 Å². The van der Waals surface area contributed by atoms with E-state index in [9.17, 15) is 4.79 Å². The maximum atomic E-state index is 12.6. The molecule has 2 nitrogen and oxygen atoms in total. The van der Waals surface area contributed by atoms with Crippen LogP contribution in [0.15, 0.2) is 18.2 Å². The Labute approximate surface area is 115 Å². The van der Waals surface area contributed by atoms with Crippen LogP contribution in [0.3, 0.4) is 0 Å². The Morgan fingerprint density at radius 1 is 1.21 bits per heavy atom. The highest BCUT2D eigenvalue weighted by Crippen LogP contribution is 2.48. The molecule has 3 rings (SSSR count). The summed E-state index contributed by atoms with van der Waals surface area (Å²) in [6.45, 7) is 4.19. The van der Waals surface area contributed by atoms with Gasteiger partial charge in [0, 0.05) is 18.4 Å². The molecule has 2 fully saturated rings. The summed E-state index contributed by atoms with van der Waals surface area (Å²) in [5.74, 6) is 1.67. The van der Waals surface area contributed by atoms with Gasteiger partial charge in [-0.1, -0.05) is 18.2 Å². The van der Waals surface area contributed by atoms with Gasteiger partial charge in [-0.25, -0.2) is 0 Å². The van der Waals surface area contributed by atoms with Crippen LogP contribution in [-0.2, 0) is 11.2 Å². The fourth-order valence-corrected chi connectivity index (χ4v) is 4.23. The largest absolute Gasteiger partial charge is 0.327 e. The minimum atomic E-state index is 0.121.